The number of nitrogens with zero attached hydrogens (tertiary/aromatic N) is 3. The quantitative estimate of drug-likeness (QED) is 0.814. The molecule has 0 fully saturated rings. The molecule has 2 N–H and O–H groups in total. The average Bonchev–Trinajstić information content (AvgIpc) is 2.85. The number of rotatable bonds is 5. The smallest absolute Gasteiger partial charge is 0.303 e. The largest absolute Gasteiger partial charge is 0.511 e. The Morgan fingerprint density at radius 2 is 2.10 bits per heavy atom. The number of hydrogen-bond acceptors (Lipinski definition) is 5. The van der Waals surface area contributed by atoms with E-state index in [4.69, 9.17) is 5.11 Å². The molecule has 0 spiro atoms. The predicted octanol–water partition coefficient (Wildman–Crippen LogP) is 0.292. The highest BCUT2D eigenvalue weighted by Gasteiger charge is 2.12. The lowest BCUT2D eigenvalue weighted by Gasteiger charge is -2.03. The molecular weight excluding hydrogens is 262 g/mol. The van der Waals surface area contributed by atoms with Gasteiger partial charge in [0.25, 0.3) is 0 Å². The maximum absolute atomic E-state index is 12.1. The number of carbonyl (C=O) groups is 1. The van der Waals surface area contributed by atoms with E-state index in [1.165, 1.54) is 16.9 Å². The Kier molecular flexibility index (Phi) is 3.97. The van der Waals surface area contributed by atoms with E-state index >= 15 is 0 Å². The molecule has 0 radical (unpaired) electrons. The van der Waals surface area contributed by atoms with Crippen LogP contribution in [0.1, 0.15) is 31.9 Å². The summed E-state index contributed by atoms with van der Waals surface area (Å²) in [6.07, 6.45) is 2.47. The van der Waals surface area contributed by atoms with E-state index in [1.54, 1.807) is 0 Å². The van der Waals surface area contributed by atoms with Crippen molar-refractivity contribution in [2.24, 2.45) is 0 Å². The first-order chi connectivity index (χ1) is 9.54. The molecule has 0 saturated heterocycles. The molecule has 2 rings (SSSR count). The standard InChI is InChI=1S/C13H15N3O4/c1-2-3-8-6-10(18)12(9(17)4-5-11(19)20)13-14-7-15-16(8)13/h6-7,17H,2-5H2,1H3,(H,19,20)/b12-9-. The third-order valence-corrected chi connectivity index (χ3v) is 2.96. The van der Waals surface area contributed by atoms with Gasteiger partial charge in [-0.15, -0.1) is 0 Å². The Hall–Kier alpha value is -2.44. The van der Waals surface area contributed by atoms with Crippen LogP contribution in [0.25, 0.3) is 11.4 Å². The highest BCUT2D eigenvalue weighted by atomic mass is 16.4. The van der Waals surface area contributed by atoms with E-state index in [9.17, 15) is 14.7 Å². The van der Waals surface area contributed by atoms with Crippen LogP contribution in [0.15, 0.2) is 17.2 Å². The number of carboxylic acid groups (broad SMARTS) is 1. The molecule has 7 heteroatoms. The number of fused-ring (bicyclic) bond motifs is 1. The van der Waals surface area contributed by atoms with Crippen molar-refractivity contribution in [3.8, 4) is 0 Å². The number of aryl methyl sites for hydroxylation is 1. The Morgan fingerprint density at radius 1 is 1.35 bits per heavy atom. The minimum atomic E-state index is -1.04. The third kappa shape index (κ3) is 2.61. The molecule has 0 bridgehead atoms. The number of pyridine rings is 1. The van der Waals surface area contributed by atoms with Gasteiger partial charge >= 0.3 is 5.97 Å². The second-order valence-corrected chi connectivity index (χ2v) is 4.46. The minimum absolute atomic E-state index is 0.0311. The fourth-order valence-electron chi connectivity index (χ4n) is 2.07. The van der Waals surface area contributed by atoms with E-state index in [0.717, 1.165) is 12.1 Å². The van der Waals surface area contributed by atoms with Crippen LogP contribution >= 0.6 is 0 Å². The minimum Gasteiger partial charge on any atom is -0.511 e. The number of aliphatic hydroxyl groups is 1. The van der Waals surface area contributed by atoms with Gasteiger partial charge in [-0.2, -0.15) is 5.10 Å². The maximum atomic E-state index is 12.1. The van der Waals surface area contributed by atoms with E-state index in [-0.39, 0.29) is 34.9 Å². The van der Waals surface area contributed by atoms with Gasteiger partial charge in [0.05, 0.1) is 6.42 Å². The molecule has 106 valence electrons. The SMILES string of the molecule is CCCc1cc(=O)/c(=C(/O)CCC(=O)O)c2ncnn12. The molecule has 0 aliphatic carbocycles. The van der Waals surface area contributed by atoms with E-state index in [0.29, 0.717) is 6.42 Å². The summed E-state index contributed by atoms with van der Waals surface area (Å²) in [6.45, 7) is 1.98. The second kappa shape index (κ2) is 5.68. The summed E-state index contributed by atoms with van der Waals surface area (Å²) in [5.74, 6) is -1.30. The molecular formula is C13H15N3O4. The zero-order chi connectivity index (χ0) is 14.7. The Bertz CT molecular complexity index is 751. The number of aromatic nitrogens is 3. The lowest BCUT2D eigenvalue weighted by molar-refractivity contribution is -0.136. The molecule has 0 aliphatic rings. The first-order valence-electron chi connectivity index (χ1n) is 6.34. The zero-order valence-electron chi connectivity index (χ0n) is 11.0. The van der Waals surface area contributed by atoms with Gasteiger partial charge in [0, 0.05) is 18.2 Å². The fraction of sp³-hybridized carbons (Fsp3) is 0.385. The normalized spacial score (nSPS) is 12.7. The van der Waals surface area contributed by atoms with Gasteiger partial charge in [0.15, 0.2) is 11.1 Å². The molecule has 0 amide bonds. The molecule has 2 aromatic heterocycles. The summed E-state index contributed by atoms with van der Waals surface area (Å²) < 4.78 is 1.51. The van der Waals surface area contributed by atoms with E-state index in [2.05, 4.69) is 10.1 Å². The van der Waals surface area contributed by atoms with Crippen LogP contribution in [0.2, 0.25) is 0 Å². The van der Waals surface area contributed by atoms with Crippen molar-refractivity contribution in [3.05, 3.63) is 33.5 Å². The molecule has 7 nitrogen and oxygen atoms in total. The lowest BCUT2D eigenvalue weighted by atomic mass is 10.1. The van der Waals surface area contributed by atoms with Crippen LogP contribution in [0.5, 0.6) is 0 Å². The topological polar surface area (TPSA) is 105 Å². The molecule has 0 unspecified atom stereocenters. The summed E-state index contributed by atoms with van der Waals surface area (Å²) in [4.78, 5) is 26.6. The maximum Gasteiger partial charge on any atom is 0.303 e. The van der Waals surface area contributed by atoms with Crippen LogP contribution in [0, 0.1) is 0 Å². The first kappa shape index (κ1) is 14.0. The van der Waals surface area contributed by atoms with Gasteiger partial charge in [-0.05, 0) is 6.42 Å². The third-order valence-electron chi connectivity index (χ3n) is 2.96. The van der Waals surface area contributed by atoms with Gasteiger partial charge in [0.2, 0.25) is 0 Å². The Labute approximate surface area is 114 Å². The monoisotopic (exact) mass is 277 g/mol. The van der Waals surface area contributed by atoms with Gasteiger partial charge < -0.3 is 10.2 Å². The number of aliphatic hydroxyl groups excluding tert-OH is 1. The summed E-state index contributed by atoms with van der Waals surface area (Å²) in [5, 5.41) is 22.7. The van der Waals surface area contributed by atoms with E-state index < -0.39 is 5.97 Å². The fourth-order valence-corrected chi connectivity index (χ4v) is 2.07. The van der Waals surface area contributed by atoms with Crippen molar-refractivity contribution >= 4 is 17.4 Å². The highest BCUT2D eigenvalue weighted by molar-refractivity contribution is 5.68. The molecule has 2 aromatic rings. The van der Waals surface area contributed by atoms with Crippen LogP contribution in [-0.4, -0.2) is 30.8 Å². The Morgan fingerprint density at radius 3 is 2.75 bits per heavy atom. The predicted molar refractivity (Wildman–Crippen MR) is 71.4 cm³/mol. The summed E-state index contributed by atoms with van der Waals surface area (Å²) in [7, 11) is 0. The van der Waals surface area contributed by atoms with Crippen molar-refractivity contribution in [2.45, 2.75) is 32.6 Å². The molecule has 0 aliphatic heterocycles. The average molecular weight is 277 g/mol. The van der Waals surface area contributed by atoms with Gasteiger partial charge in [-0.3, -0.25) is 9.59 Å². The zero-order valence-corrected chi connectivity index (χ0v) is 11.0. The van der Waals surface area contributed by atoms with Crippen molar-refractivity contribution in [1.82, 2.24) is 14.6 Å². The van der Waals surface area contributed by atoms with Gasteiger partial charge in [-0.25, -0.2) is 9.50 Å². The first-order valence-corrected chi connectivity index (χ1v) is 6.34. The Balaban J connectivity index is 2.65. The summed E-state index contributed by atoms with van der Waals surface area (Å²) in [6, 6.07) is 1.41. The highest BCUT2D eigenvalue weighted by Crippen LogP contribution is 2.04. The van der Waals surface area contributed by atoms with Gasteiger partial charge in [0.1, 0.15) is 17.3 Å². The lowest BCUT2D eigenvalue weighted by Crippen LogP contribution is -2.31. The summed E-state index contributed by atoms with van der Waals surface area (Å²) >= 11 is 0. The molecule has 20 heavy (non-hydrogen) atoms. The molecule has 0 atom stereocenters. The van der Waals surface area contributed by atoms with Crippen LogP contribution in [-0.2, 0) is 11.2 Å². The molecule has 2 heterocycles. The van der Waals surface area contributed by atoms with E-state index in [1.807, 2.05) is 6.92 Å². The molecule has 0 aromatic carbocycles. The summed E-state index contributed by atoms with van der Waals surface area (Å²) in [5.41, 5.74) is 0.625. The van der Waals surface area contributed by atoms with Crippen molar-refractivity contribution in [3.63, 3.8) is 0 Å². The van der Waals surface area contributed by atoms with Crippen molar-refractivity contribution < 1.29 is 15.0 Å². The number of aliphatic carboxylic acids is 1. The molecule has 0 saturated carbocycles. The van der Waals surface area contributed by atoms with Crippen molar-refractivity contribution in [2.75, 3.05) is 0 Å². The van der Waals surface area contributed by atoms with Crippen LogP contribution in [0.4, 0.5) is 0 Å². The van der Waals surface area contributed by atoms with Crippen LogP contribution < -0.4 is 10.6 Å². The number of hydrogen-bond donors (Lipinski definition) is 2. The van der Waals surface area contributed by atoms with Crippen LogP contribution in [0.3, 0.4) is 0 Å². The van der Waals surface area contributed by atoms with Gasteiger partial charge in [-0.1, -0.05) is 13.3 Å². The second-order valence-electron chi connectivity index (χ2n) is 4.46. The van der Waals surface area contributed by atoms with Crippen molar-refractivity contribution in [1.29, 1.82) is 0 Å². The number of carboxylic acids is 1.